The summed E-state index contributed by atoms with van der Waals surface area (Å²) >= 11 is 0. The van der Waals surface area contributed by atoms with Gasteiger partial charge in [0.05, 0.1) is 0 Å². The normalized spacial score (nSPS) is 6.38. The average molecular weight is 392 g/mol. The highest BCUT2D eigenvalue weighted by atomic mass is 16.4. The average Bonchev–Trinajstić information content (AvgIpc) is 2.37. The highest BCUT2D eigenvalue weighted by molar-refractivity contribution is 5.63. The Labute approximate surface area is 154 Å². The standard InChI is InChI=1S/C2H8N2.4C2H4O2.2C2H6O/c3-1-2-4;4*1-2(3)4;2*1-2-3/h1-4H2;4*1H3,(H,3,4);2*3H,2H2,1H3. The predicted octanol–water partition coefficient (Wildman–Crippen LogP) is -0.735. The van der Waals surface area contributed by atoms with Crippen LogP contribution < -0.4 is 11.5 Å². The first-order valence-corrected chi connectivity index (χ1v) is 7.07. The van der Waals surface area contributed by atoms with Gasteiger partial charge in [0, 0.05) is 54.0 Å². The summed E-state index contributed by atoms with van der Waals surface area (Å²) in [6.07, 6.45) is 0. The predicted molar refractivity (Wildman–Crippen MR) is 96.9 cm³/mol. The van der Waals surface area contributed by atoms with E-state index in [2.05, 4.69) is 0 Å². The zero-order valence-electron chi connectivity index (χ0n) is 16.3. The van der Waals surface area contributed by atoms with E-state index in [0.29, 0.717) is 13.1 Å². The number of carboxylic acid groups (broad SMARTS) is 4. The van der Waals surface area contributed by atoms with E-state index < -0.39 is 23.9 Å². The molecule has 0 heterocycles. The van der Waals surface area contributed by atoms with E-state index in [-0.39, 0.29) is 13.2 Å². The molecule has 0 aromatic heterocycles. The van der Waals surface area contributed by atoms with Crippen molar-refractivity contribution in [2.24, 2.45) is 11.5 Å². The van der Waals surface area contributed by atoms with E-state index in [9.17, 15) is 0 Å². The zero-order valence-corrected chi connectivity index (χ0v) is 16.3. The molecule has 0 aliphatic heterocycles. The molecule has 0 spiro atoms. The van der Waals surface area contributed by atoms with Gasteiger partial charge in [0.1, 0.15) is 0 Å². The van der Waals surface area contributed by atoms with Gasteiger partial charge in [0.2, 0.25) is 0 Å². The minimum absolute atomic E-state index is 0.250. The first kappa shape index (κ1) is 43.8. The fourth-order valence-corrected chi connectivity index (χ4v) is 0. The van der Waals surface area contributed by atoms with Crippen LogP contribution in [-0.2, 0) is 19.2 Å². The lowest BCUT2D eigenvalue weighted by Crippen LogP contribution is -2.11. The van der Waals surface area contributed by atoms with Crippen LogP contribution in [0.1, 0.15) is 41.5 Å². The van der Waals surface area contributed by atoms with Crippen molar-refractivity contribution in [3.8, 4) is 0 Å². The van der Waals surface area contributed by atoms with Crippen LogP contribution in [0, 0.1) is 0 Å². The third-order valence-electron chi connectivity index (χ3n) is 0.167. The lowest BCUT2D eigenvalue weighted by molar-refractivity contribution is -0.135. The summed E-state index contributed by atoms with van der Waals surface area (Å²) in [6.45, 7) is 9.39. The summed E-state index contributed by atoms with van der Waals surface area (Å²) in [6, 6.07) is 0. The number of carboxylic acids is 4. The molecule has 0 aliphatic rings. The Morgan fingerprint density at radius 2 is 0.615 bits per heavy atom. The molecule has 0 aromatic carbocycles. The first-order chi connectivity index (χ1) is 11.7. The molecule has 0 aliphatic carbocycles. The highest BCUT2D eigenvalue weighted by Crippen LogP contribution is 1.43. The summed E-state index contributed by atoms with van der Waals surface area (Å²) in [4.78, 5) is 36.0. The third-order valence-corrected chi connectivity index (χ3v) is 0.167. The number of nitrogens with two attached hydrogens (primary N) is 2. The summed E-state index contributed by atoms with van der Waals surface area (Å²) in [5.41, 5.74) is 9.81. The third kappa shape index (κ3) is 5690. The van der Waals surface area contributed by atoms with Gasteiger partial charge in [-0.15, -0.1) is 0 Å². The minimum atomic E-state index is -0.833. The van der Waals surface area contributed by atoms with Gasteiger partial charge in [-0.1, -0.05) is 0 Å². The van der Waals surface area contributed by atoms with E-state index in [0.717, 1.165) is 27.7 Å². The molecule has 0 saturated carbocycles. The van der Waals surface area contributed by atoms with Crippen LogP contribution in [-0.4, -0.2) is 80.8 Å². The van der Waals surface area contributed by atoms with Crippen molar-refractivity contribution >= 4 is 23.9 Å². The van der Waals surface area contributed by atoms with Crippen LogP contribution >= 0.6 is 0 Å². The fourth-order valence-electron chi connectivity index (χ4n) is 0. The Morgan fingerprint density at radius 1 is 0.577 bits per heavy atom. The number of hydrogen-bond donors (Lipinski definition) is 8. The van der Waals surface area contributed by atoms with Crippen LogP contribution in [0.5, 0.6) is 0 Å². The summed E-state index contributed by atoms with van der Waals surface area (Å²) in [5.74, 6) is -3.33. The van der Waals surface area contributed by atoms with Crippen molar-refractivity contribution in [1.82, 2.24) is 0 Å². The maximum atomic E-state index is 9.00. The number of carbonyl (C=O) groups is 4. The largest absolute Gasteiger partial charge is 0.481 e. The quantitative estimate of drug-likeness (QED) is 0.275. The molecular weight excluding hydrogens is 356 g/mol. The van der Waals surface area contributed by atoms with E-state index in [4.69, 9.17) is 61.3 Å². The molecule has 0 saturated heterocycles. The molecule has 0 bridgehead atoms. The monoisotopic (exact) mass is 392 g/mol. The van der Waals surface area contributed by atoms with Crippen molar-refractivity contribution in [2.45, 2.75) is 41.5 Å². The molecule has 0 unspecified atom stereocenters. The molecule has 0 amide bonds. The van der Waals surface area contributed by atoms with E-state index in [1.54, 1.807) is 13.8 Å². The summed E-state index contributed by atoms with van der Waals surface area (Å²) < 4.78 is 0. The molecular formula is C14H36N2O10. The van der Waals surface area contributed by atoms with Gasteiger partial charge in [0.25, 0.3) is 23.9 Å². The second-order valence-electron chi connectivity index (χ2n) is 3.29. The molecule has 26 heavy (non-hydrogen) atoms. The molecule has 0 atom stereocenters. The number of rotatable bonds is 1. The fraction of sp³-hybridized carbons (Fsp3) is 0.714. The van der Waals surface area contributed by atoms with Crippen molar-refractivity contribution in [3.63, 3.8) is 0 Å². The maximum absolute atomic E-state index is 9.00. The SMILES string of the molecule is CC(=O)O.CC(=O)O.CC(=O)O.CC(=O)O.CCO.CCO.NCCN. The Hall–Kier alpha value is -2.28. The van der Waals surface area contributed by atoms with Gasteiger partial charge in [-0.3, -0.25) is 19.2 Å². The smallest absolute Gasteiger partial charge is 0.300 e. The molecule has 0 radical (unpaired) electrons. The number of aliphatic hydroxyl groups is 2. The molecule has 10 N–H and O–H groups in total. The molecule has 0 fully saturated rings. The lowest BCUT2D eigenvalue weighted by Gasteiger charge is -1.72. The lowest BCUT2D eigenvalue weighted by atomic mass is 10.7. The zero-order chi connectivity index (χ0) is 23.1. The number of hydrogen-bond acceptors (Lipinski definition) is 8. The van der Waals surface area contributed by atoms with Gasteiger partial charge >= 0.3 is 0 Å². The second kappa shape index (κ2) is 56.9. The van der Waals surface area contributed by atoms with Gasteiger partial charge in [-0.05, 0) is 13.8 Å². The van der Waals surface area contributed by atoms with Crippen molar-refractivity contribution in [1.29, 1.82) is 0 Å². The van der Waals surface area contributed by atoms with E-state index in [1.807, 2.05) is 0 Å². The van der Waals surface area contributed by atoms with Gasteiger partial charge in [0.15, 0.2) is 0 Å². The Balaban J connectivity index is -0.0000000325. The van der Waals surface area contributed by atoms with E-state index >= 15 is 0 Å². The Morgan fingerprint density at radius 3 is 0.615 bits per heavy atom. The van der Waals surface area contributed by atoms with Crippen LogP contribution in [0.25, 0.3) is 0 Å². The molecule has 162 valence electrons. The van der Waals surface area contributed by atoms with Gasteiger partial charge in [-0.25, -0.2) is 0 Å². The summed E-state index contributed by atoms with van der Waals surface area (Å²) in [5, 5.41) is 44.8. The van der Waals surface area contributed by atoms with Crippen LogP contribution in [0.15, 0.2) is 0 Å². The van der Waals surface area contributed by atoms with Crippen LogP contribution in [0.2, 0.25) is 0 Å². The summed E-state index contributed by atoms with van der Waals surface area (Å²) in [7, 11) is 0. The Bertz CT molecular complexity index is 219. The first-order valence-electron chi connectivity index (χ1n) is 7.07. The van der Waals surface area contributed by atoms with E-state index in [1.165, 1.54) is 0 Å². The van der Waals surface area contributed by atoms with Crippen molar-refractivity contribution < 1.29 is 49.8 Å². The second-order valence-corrected chi connectivity index (χ2v) is 3.29. The Kier molecular flexibility index (Phi) is 95.9. The van der Waals surface area contributed by atoms with Crippen LogP contribution in [0.3, 0.4) is 0 Å². The van der Waals surface area contributed by atoms with Gasteiger partial charge < -0.3 is 42.1 Å². The molecule has 0 rings (SSSR count). The molecule has 12 nitrogen and oxygen atoms in total. The topological polar surface area (TPSA) is 242 Å². The van der Waals surface area contributed by atoms with Gasteiger partial charge in [-0.2, -0.15) is 0 Å². The van der Waals surface area contributed by atoms with Crippen molar-refractivity contribution in [2.75, 3.05) is 26.3 Å². The number of aliphatic carboxylic acids is 4. The highest BCUT2D eigenvalue weighted by Gasteiger charge is 1.66. The molecule has 12 heteroatoms. The maximum Gasteiger partial charge on any atom is 0.300 e. The van der Waals surface area contributed by atoms with Crippen LogP contribution in [0.4, 0.5) is 0 Å². The number of aliphatic hydroxyl groups excluding tert-OH is 2. The molecule has 0 aromatic rings. The van der Waals surface area contributed by atoms with Crippen molar-refractivity contribution in [3.05, 3.63) is 0 Å². The minimum Gasteiger partial charge on any atom is -0.481 e.